The molecule has 0 aromatic heterocycles. The Labute approximate surface area is 213 Å². The Balaban J connectivity index is 1.41. The maximum atomic E-state index is 4.20. The molecule has 1 heterocycles. The molecular weight excluding hydrogens is 440 g/mol. The van der Waals surface area contributed by atoms with Gasteiger partial charge in [-0.25, -0.2) is 0 Å². The Morgan fingerprint density at radius 3 is 1.86 bits per heavy atom. The first-order chi connectivity index (χ1) is 17.0. The largest absolute Gasteiger partial charge is 0.301 e. The highest BCUT2D eigenvalue weighted by Crippen LogP contribution is 2.59. The highest BCUT2D eigenvalue weighted by atomic mass is 28.3. The van der Waals surface area contributed by atoms with Crippen molar-refractivity contribution in [1.29, 1.82) is 0 Å². The van der Waals surface area contributed by atoms with Crippen LogP contribution in [0.5, 0.6) is 0 Å². The molecule has 0 bridgehead atoms. The normalized spacial score (nSPS) is 39.6. The Bertz CT molecular complexity index is 1070. The lowest BCUT2D eigenvalue weighted by Crippen LogP contribution is -2.61. The second-order valence-electron chi connectivity index (χ2n) is 12.0. The highest BCUT2D eigenvalue weighted by molar-refractivity contribution is 6.76. The Hall–Kier alpha value is -2.20. The predicted octanol–water partition coefficient (Wildman–Crippen LogP) is 6.83. The van der Waals surface area contributed by atoms with Crippen LogP contribution in [0, 0.1) is 29.6 Å². The van der Waals surface area contributed by atoms with Crippen molar-refractivity contribution in [2.75, 3.05) is 0 Å². The van der Waals surface area contributed by atoms with E-state index < -0.39 is 8.24 Å². The lowest BCUT2D eigenvalue weighted by molar-refractivity contribution is 0.258. The van der Waals surface area contributed by atoms with Gasteiger partial charge in [0.2, 0.25) is 0 Å². The molecule has 2 fully saturated rings. The zero-order valence-electron chi connectivity index (χ0n) is 21.5. The van der Waals surface area contributed by atoms with Crippen molar-refractivity contribution in [3.63, 3.8) is 0 Å². The van der Waals surface area contributed by atoms with E-state index in [-0.39, 0.29) is 0 Å². The molecule has 4 aliphatic carbocycles. The van der Waals surface area contributed by atoms with E-state index in [0.29, 0.717) is 59.3 Å². The summed E-state index contributed by atoms with van der Waals surface area (Å²) < 4.78 is 3.02. The van der Waals surface area contributed by atoms with Crippen molar-refractivity contribution < 1.29 is 0 Å². The van der Waals surface area contributed by atoms with Gasteiger partial charge < -0.3 is 4.57 Å². The molecular formula is C32H40N2Si. The lowest BCUT2D eigenvalue weighted by Gasteiger charge is -2.49. The summed E-state index contributed by atoms with van der Waals surface area (Å²) in [7, 11) is -1.92. The highest BCUT2D eigenvalue weighted by Gasteiger charge is 2.59. The topological polar surface area (TPSA) is 15.3 Å². The second kappa shape index (κ2) is 9.03. The molecule has 2 nitrogen and oxygen atoms in total. The second-order valence-corrected chi connectivity index (χ2v) is 16.5. The maximum Gasteiger partial charge on any atom is 0.129 e. The Kier molecular flexibility index (Phi) is 5.99. The van der Waals surface area contributed by atoms with Crippen LogP contribution in [-0.2, 0) is 0 Å². The van der Waals surface area contributed by atoms with Gasteiger partial charge in [-0.2, -0.15) is 0 Å². The summed E-state index contributed by atoms with van der Waals surface area (Å²) in [6.07, 6.45) is 29.2. The summed E-state index contributed by atoms with van der Waals surface area (Å²) in [6, 6.07) is 11.9. The minimum absolute atomic E-state index is 0.381. The van der Waals surface area contributed by atoms with E-state index in [9.17, 15) is 0 Å². The van der Waals surface area contributed by atoms with Crippen LogP contribution in [0.15, 0.2) is 103 Å². The summed E-state index contributed by atoms with van der Waals surface area (Å²) in [5.74, 6) is 3.47. The summed E-state index contributed by atoms with van der Waals surface area (Å²) in [6.45, 7) is 10.2. The number of hydrogen-bond acceptors (Lipinski definition) is 2. The zero-order chi connectivity index (χ0) is 24.2. The third-order valence-corrected chi connectivity index (χ3v) is 13.8. The van der Waals surface area contributed by atoms with Crippen molar-refractivity contribution >= 4 is 8.24 Å². The lowest BCUT2D eigenvalue weighted by atomic mass is 9.83. The number of rotatable bonds is 4. The molecule has 0 amide bonds. The summed E-state index contributed by atoms with van der Waals surface area (Å²) in [4.78, 5) is 0. The fourth-order valence-electron chi connectivity index (χ4n) is 8.14. The van der Waals surface area contributed by atoms with Crippen LogP contribution in [0.2, 0.25) is 18.6 Å². The number of nitrogens with zero attached hydrogens (tertiary/aromatic N) is 1. The number of fused-ring (bicyclic) bond motifs is 4. The quantitative estimate of drug-likeness (QED) is 0.475. The van der Waals surface area contributed by atoms with Crippen molar-refractivity contribution in [2.45, 2.75) is 56.7 Å². The van der Waals surface area contributed by atoms with Crippen molar-refractivity contribution in [2.24, 2.45) is 29.6 Å². The van der Waals surface area contributed by atoms with Gasteiger partial charge in [0.25, 0.3) is 0 Å². The van der Waals surface area contributed by atoms with Crippen LogP contribution < -0.4 is 5.32 Å². The van der Waals surface area contributed by atoms with Gasteiger partial charge in [0.15, 0.2) is 0 Å². The van der Waals surface area contributed by atoms with Crippen molar-refractivity contribution in [3.05, 3.63) is 109 Å². The molecule has 1 saturated carbocycles. The Morgan fingerprint density at radius 1 is 0.714 bits per heavy atom. The minimum atomic E-state index is -1.92. The molecule has 6 rings (SSSR count). The SMILES string of the molecule is CC(C)[C@H]1NC2C(c3ccccc3)C=CC=C[C@H]2N1[Si](C)(C)C1C2C=CC=CC2C2C=CC=CC21. The predicted molar refractivity (Wildman–Crippen MR) is 150 cm³/mol. The van der Waals surface area contributed by atoms with E-state index in [2.05, 4.69) is 140 Å². The molecule has 0 radical (unpaired) electrons. The first kappa shape index (κ1) is 23.2. The molecule has 1 aromatic rings. The van der Waals surface area contributed by atoms with Gasteiger partial charge in [0, 0.05) is 18.0 Å². The van der Waals surface area contributed by atoms with Gasteiger partial charge in [0.1, 0.15) is 8.24 Å². The van der Waals surface area contributed by atoms with Crippen LogP contribution in [-0.4, -0.2) is 31.1 Å². The molecule has 1 N–H and O–H groups in total. The molecule has 182 valence electrons. The molecule has 5 aliphatic rings. The van der Waals surface area contributed by atoms with Gasteiger partial charge >= 0.3 is 0 Å². The number of allylic oxidation sites excluding steroid dienone is 10. The number of nitrogens with one attached hydrogen (secondary N) is 1. The van der Waals surface area contributed by atoms with E-state index in [0.717, 1.165) is 0 Å². The zero-order valence-corrected chi connectivity index (χ0v) is 22.5. The van der Waals surface area contributed by atoms with Gasteiger partial charge in [-0.05, 0) is 40.7 Å². The molecule has 1 aromatic carbocycles. The standard InChI is InChI=1S/C32H40N2Si/c1-22(2)32-33-30-24(23-14-6-5-7-15-23)16-12-13-21-29(30)34(32)35(3,4)31-27-19-10-8-17-25(27)26-18-9-11-20-28(26)31/h5-22,24-33H,1-4H3/t24?,25?,26?,27?,28?,29-,30?,31?,32+/m1/s1. The summed E-state index contributed by atoms with van der Waals surface area (Å²) >= 11 is 0. The van der Waals surface area contributed by atoms with E-state index in [4.69, 9.17) is 0 Å². The molecule has 1 saturated heterocycles. The average Bonchev–Trinajstić information content (AvgIpc) is 3.35. The van der Waals surface area contributed by atoms with E-state index in [1.165, 1.54) is 5.56 Å². The molecule has 1 aliphatic heterocycles. The fraction of sp³-hybridized carbons (Fsp3) is 0.438. The first-order valence-corrected chi connectivity index (χ1v) is 16.7. The van der Waals surface area contributed by atoms with E-state index in [1.54, 1.807) is 0 Å². The van der Waals surface area contributed by atoms with Crippen LogP contribution >= 0.6 is 0 Å². The van der Waals surface area contributed by atoms with E-state index in [1.807, 2.05) is 0 Å². The van der Waals surface area contributed by atoms with Gasteiger partial charge in [-0.1, -0.05) is 130 Å². The van der Waals surface area contributed by atoms with Gasteiger partial charge in [-0.15, -0.1) is 0 Å². The molecule has 0 spiro atoms. The third-order valence-electron chi connectivity index (χ3n) is 9.49. The summed E-state index contributed by atoms with van der Waals surface area (Å²) in [5.41, 5.74) is 2.11. The monoisotopic (exact) mass is 480 g/mol. The third kappa shape index (κ3) is 3.75. The molecule has 3 heteroatoms. The van der Waals surface area contributed by atoms with Crippen LogP contribution in [0.1, 0.15) is 25.3 Å². The van der Waals surface area contributed by atoms with Gasteiger partial charge in [-0.3, -0.25) is 5.32 Å². The molecule has 8 atom stereocenters. The molecule has 35 heavy (non-hydrogen) atoms. The van der Waals surface area contributed by atoms with Crippen LogP contribution in [0.25, 0.3) is 0 Å². The average molecular weight is 481 g/mol. The molecule has 6 unspecified atom stereocenters. The van der Waals surface area contributed by atoms with Crippen molar-refractivity contribution in [1.82, 2.24) is 9.88 Å². The Morgan fingerprint density at radius 2 is 1.26 bits per heavy atom. The minimum Gasteiger partial charge on any atom is -0.301 e. The smallest absolute Gasteiger partial charge is 0.129 e. The fourth-order valence-corrected chi connectivity index (χ4v) is 13.1. The summed E-state index contributed by atoms with van der Waals surface area (Å²) in [5, 5.41) is 4.20. The first-order valence-electron chi connectivity index (χ1n) is 13.6. The number of benzene rings is 1. The van der Waals surface area contributed by atoms with E-state index >= 15 is 0 Å². The van der Waals surface area contributed by atoms with Crippen LogP contribution in [0.3, 0.4) is 0 Å². The van der Waals surface area contributed by atoms with Crippen molar-refractivity contribution in [3.8, 4) is 0 Å². The van der Waals surface area contributed by atoms with Crippen LogP contribution in [0.4, 0.5) is 0 Å². The number of hydrogen-bond donors (Lipinski definition) is 1. The maximum absolute atomic E-state index is 4.20. The van der Waals surface area contributed by atoms with Gasteiger partial charge in [0.05, 0.1) is 6.17 Å².